The molecule has 1 aromatic rings. The highest BCUT2D eigenvalue weighted by atomic mass is 16.5. The minimum atomic E-state index is -0.527. The van der Waals surface area contributed by atoms with Crippen molar-refractivity contribution >= 4 is 35.2 Å². The highest BCUT2D eigenvalue weighted by molar-refractivity contribution is 5.96. The number of esters is 1. The molecule has 136 valence electrons. The van der Waals surface area contributed by atoms with Crippen molar-refractivity contribution in [3.8, 4) is 0 Å². The van der Waals surface area contributed by atoms with E-state index >= 15 is 0 Å². The molecule has 0 spiro atoms. The first kappa shape index (κ1) is 18.4. The SMILES string of the molecule is CC(=O)Nc1nc2c(c(=O)[nH]1)N(C(C)=O)C(CCCOC(C)=O)CN2. The van der Waals surface area contributed by atoms with E-state index in [9.17, 15) is 19.2 Å². The lowest BCUT2D eigenvalue weighted by atomic mass is 10.1. The van der Waals surface area contributed by atoms with Crippen LogP contribution in [-0.4, -0.2) is 46.9 Å². The average Bonchev–Trinajstić information content (AvgIpc) is 2.50. The van der Waals surface area contributed by atoms with Crippen LogP contribution in [0.25, 0.3) is 0 Å². The Morgan fingerprint density at radius 2 is 2.04 bits per heavy atom. The topological polar surface area (TPSA) is 133 Å². The molecule has 0 bridgehead atoms. The van der Waals surface area contributed by atoms with Crippen LogP contribution in [0.2, 0.25) is 0 Å². The van der Waals surface area contributed by atoms with Crippen LogP contribution in [0.15, 0.2) is 4.79 Å². The highest BCUT2D eigenvalue weighted by Crippen LogP contribution is 2.28. The molecule has 0 radical (unpaired) electrons. The number of nitrogens with one attached hydrogen (secondary N) is 3. The third-order valence-electron chi connectivity index (χ3n) is 3.63. The van der Waals surface area contributed by atoms with Crippen LogP contribution in [0.5, 0.6) is 0 Å². The predicted octanol–water partition coefficient (Wildman–Crippen LogP) is 0.219. The van der Waals surface area contributed by atoms with Crippen LogP contribution in [0.4, 0.5) is 17.5 Å². The lowest BCUT2D eigenvalue weighted by Crippen LogP contribution is -2.49. The summed E-state index contributed by atoms with van der Waals surface area (Å²) in [5.74, 6) is -0.772. The maximum Gasteiger partial charge on any atom is 0.302 e. The van der Waals surface area contributed by atoms with E-state index in [2.05, 4.69) is 20.6 Å². The van der Waals surface area contributed by atoms with Crippen LogP contribution in [-0.2, 0) is 19.1 Å². The molecule has 1 atom stereocenters. The Labute approximate surface area is 143 Å². The number of carbonyl (C=O) groups excluding carboxylic acids is 3. The molecule has 0 fully saturated rings. The molecular formula is C15H21N5O5. The van der Waals surface area contributed by atoms with Gasteiger partial charge in [0.1, 0.15) is 0 Å². The van der Waals surface area contributed by atoms with Gasteiger partial charge >= 0.3 is 5.97 Å². The lowest BCUT2D eigenvalue weighted by molar-refractivity contribution is -0.141. The van der Waals surface area contributed by atoms with E-state index in [1.165, 1.54) is 25.7 Å². The van der Waals surface area contributed by atoms with Crippen molar-refractivity contribution in [1.82, 2.24) is 9.97 Å². The van der Waals surface area contributed by atoms with E-state index < -0.39 is 5.56 Å². The van der Waals surface area contributed by atoms with Crippen LogP contribution < -0.4 is 21.1 Å². The van der Waals surface area contributed by atoms with Gasteiger partial charge in [0.05, 0.1) is 12.6 Å². The Bertz CT molecular complexity index is 744. The third kappa shape index (κ3) is 4.55. The van der Waals surface area contributed by atoms with Gasteiger partial charge in [-0.3, -0.25) is 34.4 Å². The number of fused-ring (bicyclic) bond motifs is 1. The van der Waals surface area contributed by atoms with Gasteiger partial charge in [-0.15, -0.1) is 0 Å². The Kier molecular flexibility index (Phi) is 5.73. The molecule has 2 amide bonds. The zero-order chi connectivity index (χ0) is 18.6. The standard InChI is InChI=1S/C15H21N5O5/c1-8(21)17-15-18-13-12(14(24)19-15)20(9(2)22)11(7-16-13)5-4-6-25-10(3)23/h11H,4-7H2,1-3H3,(H3,16,17,18,19,21,24). The van der Waals surface area contributed by atoms with E-state index in [1.54, 1.807) is 0 Å². The van der Waals surface area contributed by atoms with Crippen LogP contribution in [0.3, 0.4) is 0 Å². The van der Waals surface area contributed by atoms with Gasteiger partial charge in [0.15, 0.2) is 11.5 Å². The molecule has 3 N–H and O–H groups in total. The Balaban J connectivity index is 2.22. The van der Waals surface area contributed by atoms with Gasteiger partial charge in [0.25, 0.3) is 5.56 Å². The second-order valence-electron chi connectivity index (χ2n) is 5.70. The van der Waals surface area contributed by atoms with Crippen molar-refractivity contribution in [3.05, 3.63) is 10.4 Å². The molecule has 0 saturated heterocycles. The Hall–Kier alpha value is -2.91. The number of hydrogen-bond acceptors (Lipinski definition) is 7. The third-order valence-corrected chi connectivity index (χ3v) is 3.63. The van der Waals surface area contributed by atoms with E-state index in [1.807, 2.05) is 0 Å². The molecular weight excluding hydrogens is 330 g/mol. The monoisotopic (exact) mass is 351 g/mol. The van der Waals surface area contributed by atoms with Crippen molar-refractivity contribution in [2.24, 2.45) is 0 Å². The number of carbonyl (C=O) groups is 3. The summed E-state index contributed by atoms with van der Waals surface area (Å²) in [6.07, 6.45) is 1.10. The van der Waals surface area contributed by atoms with Crippen LogP contribution >= 0.6 is 0 Å². The second kappa shape index (κ2) is 7.77. The van der Waals surface area contributed by atoms with Crippen molar-refractivity contribution in [2.45, 2.75) is 39.7 Å². The molecule has 1 aliphatic heterocycles. The first-order chi connectivity index (χ1) is 11.8. The minimum Gasteiger partial charge on any atom is -0.466 e. The number of ether oxygens (including phenoxy) is 1. The number of hydrogen-bond donors (Lipinski definition) is 3. The summed E-state index contributed by atoms with van der Waals surface area (Å²) in [4.78, 5) is 54.4. The number of aromatic nitrogens is 2. The molecule has 0 aliphatic carbocycles. The maximum atomic E-state index is 12.4. The van der Waals surface area contributed by atoms with Crippen molar-refractivity contribution in [2.75, 3.05) is 28.7 Å². The van der Waals surface area contributed by atoms with Crippen LogP contribution in [0, 0.1) is 0 Å². The fourth-order valence-corrected chi connectivity index (χ4v) is 2.71. The van der Waals surface area contributed by atoms with Crippen molar-refractivity contribution < 1.29 is 19.1 Å². The van der Waals surface area contributed by atoms with Gasteiger partial charge in [-0.05, 0) is 12.8 Å². The number of H-pyrrole nitrogens is 1. The number of amides is 2. The Morgan fingerprint density at radius 3 is 2.64 bits per heavy atom. The van der Waals surface area contributed by atoms with E-state index in [4.69, 9.17) is 4.74 Å². The highest BCUT2D eigenvalue weighted by Gasteiger charge is 2.32. The van der Waals surface area contributed by atoms with E-state index in [0.29, 0.717) is 19.4 Å². The van der Waals surface area contributed by atoms with E-state index in [-0.39, 0.29) is 47.9 Å². The van der Waals surface area contributed by atoms with Gasteiger partial charge in [0, 0.05) is 27.3 Å². The van der Waals surface area contributed by atoms with Crippen molar-refractivity contribution in [3.63, 3.8) is 0 Å². The summed E-state index contributed by atoms with van der Waals surface area (Å²) in [5, 5.41) is 5.42. The summed E-state index contributed by atoms with van der Waals surface area (Å²) in [7, 11) is 0. The smallest absolute Gasteiger partial charge is 0.302 e. The predicted molar refractivity (Wildman–Crippen MR) is 90.5 cm³/mol. The summed E-state index contributed by atoms with van der Waals surface area (Å²) < 4.78 is 4.89. The molecule has 0 aromatic carbocycles. The normalized spacial score (nSPS) is 15.8. The molecule has 1 aliphatic rings. The maximum absolute atomic E-state index is 12.4. The summed E-state index contributed by atoms with van der Waals surface area (Å²) in [6.45, 7) is 4.64. The molecule has 25 heavy (non-hydrogen) atoms. The first-order valence-electron chi connectivity index (χ1n) is 7.88. The molecule has 2 rings (SSSR count). The van der Waals surface area contributed by atoms with Crippen LogP contribution in [0.1, 0.15) is 33.6 Å². The molecule has 2 heterocycles. The van der Waals surface area contributed by atoms with Crippen molar-refractivity contribution in [1.29, 1.82) is 0 Å². The zero-order valence-corrected chi connectivity index (χ0v) is 14.3. The number of anilines is 3. The molecule has 1 unspecified atom stereocenters. The van der Waals surface area contributed by atoms with Gasteiger partial charge < -0.3 is 10.1 Å². The average molecular weight is 351 g/mol. The first-order valence-corrected chi connectivity index (χ1v) is 7.88. The Morgan fingerprint density at radius 1 is 1.32 bits per heavy atom. The van der Waals surface area contributed by atoms with E-state index in [0.717, 1.165) is 0 Å². The number of aromatic amines is 1. The van der Waals surface area contributed by atoms with Gasteiger partial charge in [-0.1, -0.05) is 0 Å². The van der Waals surface area contributed by atoms with Gasteiger partial charge in [-0.2, -0.15) is 4.98 Å². The largest absolute Gasteiger partial charge is 0.466 e. The van der Waals surface area contributed by atoms with Gasteiger partial charge in [0.2, 0.25) is 17.8 Å². The summed E-state index contributed by atoms with van der Waals surface area (Å²) in [6, 6.07) is -0.268. The minimum absolute atomic E-state index is 0.0144. The van der Waals surface area contributed by atoms with Gasteiger partial charge in [-0.25, -0.2) is 0 Å². The zero-order valence-electron chi connectivity index (χ0n) is 14.3. The fourth-order valence-electron chi connectivity index (χ4n) is 2.71. The molecule has 1 aromatic heterocycles. The lowest BCUT2D eigenvalue weighted by Gasteiger charge is -2.36. The molecule has 10 nitrogen and oxygen atoms in total. The quantitative estimate of drug-likeness (QED) is 0.510. The number of nitrogens with zero attached hydrogens (tertiary/aromatic N) is 2. The summed E-state index contributed by atoms with van der Waals surface area (Å²) in [5.41, 5.74) is -0.411. The number of rotatable bonds is 5. The molecule has 10 heteroatoms. The second-order valence-corrected chi connectivity index (χ2v) is 5.70. The summed E-state index contributed by atoms with van der Waals surface area (Å²) >= 11 is 0. The molecule has 0 saturated carbocycles. The fraction of sp³-hybridized carbons (Fsp3) is 0.533.